The first-order valence-electron chi connectivity index (χ1n) is 9.90. The Kier molecular flexibility index (Phi) is 5.46. The zero-order valence-corrected chi connectivity index (χ0v) is 17.3. The molecule has 1 aliphatic rings. The van der Waals surface area contributed by atoms with Crippen LogP contribution >= 0.6 is 11.6 Å². The number of amides is 1. The van der Waals surface area contributed by atoms with Gasteiger partial charge in [0.15, 0.2) is 11.4 Å². The first-order chi connectivity index (χ1) is 14.4. The molecule has 2 atom stereocenters. The predicted molar refractivity (Wildman–Crippen MR) is 118 cm³/mol. The molecule has 0 bridgehead atoms. The highest BCUT2D eigenvalue weighted by Gasteiger charge is 2.55. The van der Waals surface area contributed by atoms with Gasteiger partial charge in [0.05, 0.1) is 11.6 Å². The fourth-order valence-electron chi connectivity index (χ4n) is 4.05. The van der Waals surface area contributed by atoms with Gasteiger partial charge in [0.1, 0.15) is 0 Å². The van der Waals surface area contributed by atoms with Crippen LogP contribution < -0.4 is 4.90 Å². The van der Waals surface area contributed by atoms with Gasteiger partial charge in [-0.15, -0.1) is 0 Å². The number of anilines is 1. The summed E-state index contributed by atoms with van der Waals surface area (Å²) in [5, 5.41) is 12.0. The van der Waals surface area contributed by atoms with Crippen molar-refractivity contribution in [1.82, 2.24) is 0 Å². The summed E-state index contributed by atoms with van der Waals surface area (Å²) >= 11 is 6.19. The topological polar surface area (TPSA) is 57.6 Å². The van der Waals surface area contributed by atoms with Crippen molar-refractivity contribution in [1.29, 1.82) is 0 Å². The zero-order chi connectivity index (χ0) is 21.3. The molecule has 0 saturated carbocycles. The number of hydrogen-bond donors (Lipinski definition) is 1. The Morgan fingerprint density at radius 1 is 1.03 bits per heavy atom. The molecule has 0 unspecified atom stereocenters. The maximum atomic E-state index is 13.5. The molecule has 3 aromatic carbocycles. The minimum atomic E-state index is -1.97. The molecule has 5 heteroatoms. The first-order valence-corrected chi connectivity index (χ1v) is 10.3. The maximum absolute atomic E-state index is 13.5. The second kappa shape index (κ2) is 8.05. The van der Waals surface area contributed by atoms with Gasteiger partial charge in [-0.25, -0.2) is 0 Å². The second-order valence-corrected chi connectivity index (χ2v) is 8.01. The number of nitrogens with zero attached hydrogens (tertiary/aromatic N) is 1. The van der Waals surface area contributed by atoms with Gasteiger partial charge in [0.2, 0.25) is 0 Å². The van der Waals surface area contributed by atoms with E-state index >= 15 is 0 Å². The van der Waals surface area contributed by atoms with Crippen LogP contribution in [0.1, 0.15) is 28.4 Å². The van der Waals surface area contributed by atoms with Crippen molar-refractivity contribution >= 4 is 29.0 Å². The van der Waals surface area contributed by atoms with Gasteiger partial charge in [-0.05, 0) is 30.2 Å². The van der Waals surface area contributed by atoms with Crippen molar-refractivity contribution in [2.24, 2.45) is 5.92 Å². The van der Waals surface area contributed by atoms with Crippen LogP contribution in [0.5, 0.6) is 0 Å². The predicted octanol–water partition coefficient (Wildman–Crippen LogP) is 4.64. The Morgan fingerprint density at radius 3 is 2.33 bits per heavy atom. The summed E-state index contributed by atoms with van der Waals surface area (Å²) in [5.74, 6) is -1.75. The van der Waals surface area contributed by atoms with Gasteiger partial charge in [0.25, 0.3) is 5.91 Å². The van der Waals surface area contributed by atoms with Gasteiger partial charge in [-0.1, -0.05) is 79.2 Å². The van der Waals surface area contributed by atoms with Crippen LogP contribution in [0.4, 0.5) is 5.69 Å². The normalized spacial score (nSPS) is 18.9. The van der Waals surface area contributed by atoms with Crippen molar-refractivity contribution in [3.8, 4) is 0 Å². The number of aliphatic hydroxyl groups is 1. The zero-order valence-electron chi connectivity index (χ0n) is 16.6. The summed E-state index contributed by atoms with van der Waals surface area (Å²) < 4.78 is 0. The van der Waals surface area contributed by atoms with E-state index in [0.717, 1.165) is 5.56 Å². The number of hydrogen-bond acceptors (Lipinski definition) is 3. The SMILES string of the molecule is C[C@@H](C(=O)c1ccccc1)[C@]1(O)C(=O)N(CCc2ccccc2)c2ccc(Cl)cc21. The van der Waals surface area contributed by atoms with E-state index in [2.05, 4.69) is 0 Å². The lowest BCUT2D eigenvalue weighted by Gasteiger charge is -2.28. The smallest absolute Gasteiger partial charge is 0.264 e. The van der Waals surface area contributed by atoms with Crippen LogP contribution in [0.15, 0.2) is 78.9 Å². The van der Waals surface area contributed by atoms with Crippen LogP contribution in [0.2, 0.25) is 5.02 Å². The minimum absolute atomic E-state index is 0.290. The third kappa shape index (κ3) is 3.42. The fraction of sp³-hybridized carbons (Fsp3) is 0.200. The summed E-state index contributed by atoms with van der Waals surface area (Å²) in [5.41, 5.74) is 0.548. The lowest BCUT2D eigenvalue weighted by atomic mass is 9.79. The lowest BCUT2D eigenvalue weighted by Crippen LogP contribution is -2.47. The monoisotopic (exact) mass is 419 g/mol. The van der Waals surface area contributed by atoms with E-state index in [1.807, 2.05) is 36.4 Å². The Labute approximate surface area is 180 Å². The Hall–Kier alpha value is -2.95. The average Bonchev–Trinajstić information content (AvgIpc) is 2.99. The number of halogens is 1. The summed E-state index contributed by atoms with van der Waals surface area (Å²) in [7, 11) is 0. The van der Waals surface area contributed by atoms with Gasteiger partial charge < -0.3 is 10.0 Å². The summed E-state index contributed by atoms with van der Waals surface area (Å²) in [4.78, 5) is 28.1. The Bertz CT molecular complexity index is 1080. The number of ketones is 1. The van der Waals surface area contributed by atoms with E-state index in [1.165, 1.54) is 0 Å². The van der Waals surface area contributed by atoms with Crippen LogP contribution in [0.3, 0.4) is 0 Å². The van der Waals surface area contributed by atoms with E-state index in [1.54, 1.807) is 54.3 Å². The second-order valence-electron chi connectivity index (χ2n) is 7.57. The third-order valence-corrected chi connectivity index (χ3v) is 6.01. The quantitative estimate of drug-likeness (QED) is 0.592. The first kappa shape index (κ1) is 20.3. The largest absolute Gasteiger partial charge is 0.375 e. The summed E-state index contributed by atoms with van der Waals surface area (Å²) in [6.07, 6.45) is 0.631. The highest BCUT2D eigenvalue weighted by Crippen LogP contribution is 2.46. The molecule has 152 valence electrons. The highest BCUT2D eigenvalue weighted by molar-refractivity contribution is 6.31. The van der Waals surface area contributed by atoms with Gasteiger partial charge >= 0.3 is 0 Å². The molecule has 0 fully saturated rings. The molecule has 4 rings (SSSR count). The van der Waals surface area contributed by atoms with Crippen molar-refractivity contribution in [2.75, 3.05) is 11.4 Å². The minimum Gasteiger partial charge on any atom is -0.375 e. The molecular formula is C25H22ClNO3. The number of carbonyl (C=O) groups excluding carboxylic acids is 2. The number of fused-ring (bicyclic) bond motifs is 1. The van der Waals surface area contributed by atoms with E-state index < -0.39 is 17.4 Å². The van der Waals surface area contributed by atoms with Crippen molar-refractivity contribution < 1.29 is 14.7 Å². The lowest BCUT2D eigenvalue weighted by molar-refractivity contribution is -0.139. The molecule has 3 aromatic rings. The van der Waals surface area contributed by atoms with Crippen molar-refractivity contribution in [2.45, 2.75) is 18.9 Å². The van der Waals surface area contributed by atoms with Gasteiger partial charge in [0, 0.05) is 22.7 Å². The summed E-state index contributed by atoms with van der Waals surface area (Å²) in [6, 6.07) is 23.6. The molecule has 4 nitrogen and oxygen atoms in total. The van der Waals surface area contributed by atoms with Gasteiger partial charge in [-0.2, -0.15) is 0 Å². The maximum Gasteiger partial charge on any atom is 0.264 e. The van der Waals surface area contributed by atoms with Crippen LogP contribution in [0.25, 0.3) is 0 Å². The molecular weight excluding hydrogens is 398 g/mol. The molecule has 1 N–H and O–H groups in total. The van der Waals surface area contributed by atoms with Crippen molar-refractivity contribution in [3.05, 3.63) is 101 Å². The molecule has 0 aromatic heterocycles. The molecule has 1 heterocycles. The van der Waals surface area contributed by atoms with Gasteiger partial charge in [-0.3, -0.25) is 9.59 Å². The molecule has 0 saturated heterocycles. The molecule has 0 aliphatic carbocycles. The van der Waals surface area contributed by atoms with Crippen LogP contribution in [-0.4, -0.2) is 23.3 Å². The van der Waals surface area contributed by atoms with E-state index in [4.69, 9.17) is 11.6 Å². The number of benzene rings is 3. The van der Waals surface area contributed by atoms with E-state index in [0.29, 0.717) is 34.8 Å². The molecule has 30 heavy (non-hydrogen) atoms. The van der Waals surface area contributed by atoms with E-state index in [9.17, 15) is 14.7 Å². The number of carbonyl (C=O) groups is 2. The third-order valence-electron chi connectivity index (χ3n) is 5.78. The molecule has 0 spiro atoms. The molecule has 1 aliphatic heterocycles. The number of Topliss-reactive ketones (excluding diaryl/α,β-unsaturated/α-hetero) is 1. The fourth-order valence-corrected chi connectivity index (χ4v) is 4.22. The highest BCUT2D eigenvalue weighted by atomic mass is 35.5. The Balaban J connectivity index is 1.70. The molecule has 1 amide bonds. The van der Waals surface area contributed by atoms with Crippen molar-refractivity contribution in [3.63, 3.8) is 0 Å². The van der Waals surface area contributed by atoms with Crippen LogP contribution in [0, 0.1) is 5.92 Å². The van der Waals surface area contributed by atoms with Crippen LogP contribution in [-0.2, 0) is 16.8 Å². The molecule has 0 radical (unpaired) electrons. The Morgan fingerprint density at radius 2 is 1.67 bits per heavy atom. The average molecular weight is 420 g/mol. The summed E-state index contributed by atoms with van der Waals surface area (Å²) in [6.45, 7) is 1.99. The standard InChI is InChI=1S/C25H22ClNO3/c1-17(23(28)19-10-6-3-7-11-19)25(30)21-16-20(26)12-13-22(21)27(24(25)29)15-14-18-8-4-2-5-9-18/h2-13,16-17,30H,14-15H2,1H3/t17-,25+/m0/s1. The van der Waals surface area contributed by atoms with E-state index in [-0.39, 0.29) is 5.78 Å². The number of rotatable bonds is 6.